The van der Waals surface area contributed by atoms with E-state index in [9.17, 15) is 0 Å². The molecule has 1 aliphatic heterocycles. The number of aryl methyl sites for hydroxylation is 2. The van der Waals surface area contributed by atoms with Crippen LogP contribution in [0.5, 0.6) is 0 Å². The summed E-state index contributed by atoms with van der Waals surface area (Å²) in [6.45, 7) is 4.54. The number of benzene rings is 2. The first-order valence-electron chi connectivity index (χ1n) is 9.56. The number of nitrogens with zero attached hydrogens (tertiary/aromatic N) is 6. The van der Waals surface area contributed by atoms with Crippen LogP contribution in [0.15, 0.2) is 83.0 Å². The summed E-state index contributed by atoms with van der Waals surface area (Å²) in [7, 11) is 0. The Morgan fingerprint density at radius 2 is 1.45 bits per heavy atom. The Morgan fingerprint density at radius 1 is 0.759 bits per heavy atom. The minimum Gasteiger partial charge on any atom is -0.255 e. The number of rotatable bonds is 2. The predicted octanol–water partition coefficient (Wildman–Crippen LogP) is 4.08. The van der Waals surface area contributed by atoms with Gasteiger partial charge in [-0.2, -0.15) is 15.3 Å². The lowest BCUT2D eigenvalue weighted by Crippen LogP contribution is -2.21. The molecule has 2 aromatic carbocycles. The van der Waals surface area contributed by atoms with Crippen molar-refractivity contribution >= 4 is 11.5 Å². The first-order valence-corrected chi connectivity index (χ1v) is 9.56. The molecule has 6 nitrogen and oxygen atoms in total. The Hall–Kier alpha value is -3.80. The van der Waals surface area contributed by atoms with Crippen molar-refractivity contribution in [3.63, 3.8) is 0 Å². The van der Waals surface area contributed by atoms with Gasteiger partial charge in [-0.3, -0.25) is 4.68 Å². The van der Waals surface area contributed by atoms with Gasteiger partial charge >= 0.3 is 0 Å². The molecule has 0 radical (unpaired) electrons. The molecule has 0 spiro atoms. The van der Waals surface area contributed by atoms with Gasteiger partial charge < -0.3 is 0 Å². The smallest absolute Gasteiger partial charge is 0.201 e. The van der Waals surface area contributed by atoms with Gasteiger partial charge in [0.15, 0.2) is 0 Å². The average Bonchev–Trinajstić information content (AvgIpc) is 3.26. The molecule has 0 amide bonds. The minimum absolute atomic E-state index is 0.540. The molecule has 2 aromatic heterocycles. The zero-order chi connectivity index (χ0) is 19.8. The highest BCUT2D eigenvalue weighted by atomic mass is 15.4. The fraction of sp³-hybridized carbons (Fsp3) is 0.130. The first-order chi connectivity index (χ1) is 14.2. The normalized spacial score (nSPS) is 13.4. The largest absolute Gasteiger partial charge is 0.255 e. The summed E-state index contributed by atoms with van der Waals surface area (Å²) in [5.74, 6) is 0.677. The van der Waals surface area contributed by atoms with Crippen molar-refractivity contribution in [1.82, 2.24) is 19.6 Å². The van der Waals surface area contributed by atoms with Crippen molar-refractivity contribution in [1.29, 1.82) is 0 Å². The fourth-order valence-corrected chi connectivity index (χ4v) is 3.57. The van der Waals surface area contributed by atoms with Gasteiger partial charge in [0.2, 0.25) is 5.84 Å². The standard InChI is InChI=1S/C23H20N6/c1-16-13-17(2)29(26-16)23-22-14-20(18-9-5-3-6-10-18)27-28(22)15-21(24-25-23)19-11-7-4-8-12-19/h3-14H,15H2,1-2H3. The van der Waals surface area contributed by atoms with E-state index in [1.54, 1.807) is 0 Å². The monoisotopic (exact) mass is 380 g/mol. The van der Waals surface area contributed by atoms with Crippen LogP contribution in [0.1, 0.15) is 22.6 Å². The first kappa shape index (κ1) is 17.3. The molecule has 4 aromatic rings. The zero-order valence-electron chi connectivity index (χ0n) is 16.3. The lowest BCUT2D eigenvalue weighted by atomic mass is 10.1. The van der Waals surface area contributed by atoms with Gasteiger partial charge in [-0.25, -0.2) is 4.68 Å². The third-order valence-corrected chi connectivity index (χ3v) is 4.96. The second-order valence-corrected chi connectivity index (χ2v) is 7.11. The highest BCUT2D eigenvalue weighted by molar-refractivity contribution is 6.05. The van der Waals surface area contributed by atoms with Crippen molar-refractivity contribution in [2.75, 3.05) is 0 Å². The molecular weight excluding hydrogens is 360 g/mol. The predicted molar refractivity (Wildman–Crippen MR) is 114 cm³/mol. The van der Waals surface area contributed by atoms with E-state index in [0.29, 0.717) is 12.4 Å². The van der Waals surface area contributed by atoms with Crippen LogP contribution in [0.2, 0.25) is 0 Å². The van der Waals surface area contributed by atoms with Gasteiger partial charge in [-0.05, 0) is 31.5 Å². The summed E-state index contributed by atoms with van der Waals surface area (Å²) >= 11 is 0. The van der Waals surface area contributed by atoms with Crippen molar-refractivity contribution in [2.24, 2.45) is 10.2 Å². The van der Waals surface area contributed by atoms with Crippen LogP contribution in [0, 0.1) is 13.8 Å². The number of hydrogen-bond acceptors (Lipinski definition) is 4. The van der Waals surface area contributed by atoms with Gasteiger partial charge in [0.25, 0.3) is 0 Å². The van der Waals surface area contributed by atoms with E-state index in [2.05, 4.69) is 33.5 Å². The van der Waals surface area contributed by atoms with Gasteiger partial charge in [0.1, 0.15) is 5.69 Å². The molecule has 5 rings (SSSR count). The molecule has 1 aliphatic rings. The lowest BCUT2D eigenvalue weighted by Gasteiger charge is -2.08. The van der Waals surface area contributed by atoms with Gasteiger partial charge in [0.05, 0.1) is 23.6 Å². The minimum atomic E-state index is 0.540. The molecule has 0 saturated heterocycles. The quantitative estimate of drug-likeness (QED) is 0.526. The van der Waals surface area contributed by atoms with Crippen LogP contribution in [0.25, 0.3) is 11.3 Å². The maximum atomic E-state index is 4.88. The molecule has 0 unspecified atom stereocenters. The Balaban J connectivity index is 1.69. The molecule has 6 heteroatoms. The molecular formula is C23H20N6. The second kappa shape index (κ2) is 6.98. The Kier molecular flexibility index (Phi) is 4.17. The van der Waals surface area contributed by atoms with Crippen molar-refractivity contribution in [3.8, 4) is 11.3 Å². The Morgan fingerprint density at radius 3 is 2.10 bits per heavy atom. The number of fused-ring (bicyclic) bond motifs is 1. The average molecular weight is 380 g/mol. The van der Waals surface area contributed by atoms with Crippen molar-refractivity contribution in [3.05, 3.63) is 95.4 Å². The third kappa shape index (κ3) is 3.18. The van der Waals surface area contributed by atoms with Gasteiger partial charge in [-0.15, -0.1) is 5.10 Å². The summed E-state index contributed by atoms with van der Waals surface area (Å²) in [6.07, 6.45) is 0. The molecule has 142 valence electrons. The highest BCUT2D eigenvalue weighted by Gasteiger charge is 2.22. The van der Waals surface area contributed by atoms with E-state index < -0.39 is 0 Å². The summed E-state index contributed by atoms with van der Waals surface area (Å²) in [5.41, 5.74) is 6.72. The molecule has 0 atom stereocenters. The van der Waals surface area contributed by atoms with E-state index in [1.165, 1.54) is 0 Å². The van der Waals surface area contributed by atoms with Crippen molar-refractivity contribution in [2.45, 2.75) is 20.4 Å². The summed E-state index contributed by atoms with van der Waals surface area (Å²) in [4.78, 5) is 0. The van der Waals surface area contributed by atoms with Crippen LogP contribution < -0.4 is 0 Å². The lowest BCUT2D eigenvalue weighted by molar-refractivity contribution is 0.716. The SMILES string of the molecule is Cc1cc(C)n(C2=NN=C(c3ccccc3)Cn3nc(-c4ccccc4)cc32)n1. The Labute approximate surface area is 168 Å². The maximum absolute atomic E-state index is 4.88. The molecule has 0 aliphatic carbocycles. The summed E-state index contributed by atoms with van der Waals surface area (Å²) < 4.78 is 3.81. The molecule has 0 saturated carbocycles. The van der Waals surface area contributed by atoms with Gasteiger partial charge in [-0.1, -0.05) is 60.7 Å². The Bertz CT molecular complexity index is 1230. The van der Waals surface area contributed by atoms with E-state index in [4.69, 9.17) is 5.10 Å². The highest BCUT2D eigenvalue weighted by Crippen LogP contribution is 2.22. The molecule has 0 fully saturated rings. The maximum Gasteiger partial charge on any atom is 0.201 e. The second-order valence-electron chi connectivity index (χ2n) is 7.11. The van der Waals surface area contributed by atoms with Crippen LogP contribution in [-0.4, -0.2) is 31.1 Å². The van der Waals surface area contributed by atoms with E-state index >= 15 is 0 Å². The van der Waals surface area contributed by atoms with Gasteiger partial charge in [0, 0.05) is 11.3 Å². The number of aromatic nitrogens is 4. The molecule has 0 N–H and O–H groups in total. The van der Waals surface area contributed by atoms with Crippen LogP contribution in [0.3, 0.4) is 0 Å². The topological polar surface area (TPSA) is 60.4 Å². The molecule has 29 heavy (non-hydrogen) atoms. The fourth-order valence-electron chi connectivity index (χ4n) is 3.57. The van der Waals surface area contributed by atoms with E-state index in [1.807, 2.05) is 77.8 Å². The molecule has 3 heterocycles. The van der Waals surface area contributed by atoms with Crippen LogP contribution >= 0.6 is 0 Å². The summed E-state index contributed by atoms with van der Waals surface area (Å²) in [5, 5.41) is 18.7. The van der Waals surface area contributed by atoms with Crippen LogP contribution in [-0.2, 0) is 6.54 Å². The number of hydrogen-bond donors (Lipinski definition) is 0. The van der Waals surface area contributed by atoms with Crippen molar-refractivity contribution < 1.29 is 0 Å². The van der Waals surface area contributed by atoms with E-state index in [0.717, 1.165) is 39.6 Å². The summed E-state index contributed by atoms with van der Waals surface area (Å²) in [6, 6.07) is 24.4. The third-order valence-electron chi connectivity index (χ3n) is 4.96. The van der Waals surface area contributed by atoms with E-state index in [-0.39, 0.29) is 0 Å². The zero-order valence-corrected chi connectivity index (χ0v) is 16.3. The molecule has 0 bridgehead atoms. The van der Waals surface area contributed by atoms with Crippen LogP contribution in [0.4, 0.5) is 0 Å².